The van der Waals surface area contributed by atoms with Gasteiger partial charge in [0.1, 0.15) is 5.75 Å². The fraction of sp³-hybridized carbons (Fsp3) is 0.176. The summed E-state index contributed by atoms with van der Waals surface area (Å²) in [7, 11) is 1.54. The fourth-order valence-electron chi connectivity index (χ4n) is 2.03. The average molecular weight is 361 g/mol. The van der Waals surface area contributed by atoms with Crippen LogP contribution in [0.3, 0.4) is 0 Å². The predicted molar refractivity (Wildman–Crippen MR) is 103 cm³/mol. The molecule has 0 radical (unpaired) electrons. The molecule has 0 aromatic heterocycles. The molecule has 2 aromatic carbocycles. The number of hydrazine groups is 1. The Morgan fingerprint density at radius 1 is 1.17 bits per heavy atom. The van der Waals surface area contributed by atoms with E-state index in [9.17, 15) is 4.79 Å². The third kappa shape index (κ3) is 4.62. The van der Waals surface area contributed by atoms with Crippen LogP contribution < -0.4 is 20.9 Å². The van der Waals surface area contributed by atoms with Gasteiger partial charge in [0, 0.05) is 10.6 Å². The highest BCUT2D eigenvalue weighted by Gasteiger charge is 2.13. The highest BCUT2D eigenvalue weighted by atomic mass is 32.2. The number of carbonyl (C=O) groups excluding carboxylic acids is 1. The summed E-state index contributed by atoms with van der Waals surface area (Å²) in [5.74, 6) is 0.187. The summed E-state index contributed by atoms with van der Waals surface area (Å²) in [6, 6.07) is 13.2. The van der Waals surface area contributed by atoms with E-state index in [4.69, 9.17) is 17.0 Å². The molecule has 0 saturated heterocycles. The molecule has 0 spiro atoms. The molecule has 0 bridgehead atoms. The molecule has 24 heavy (non-hydrogen) atoms. The van der Waals surface area contributed by atoms with Crippen molar-refractivity contribution < 1.29 is 9.53 Å². The average Bonchev–Trinajstić information content (AvgIpc) is 2.61. The molecule has 126 valence electrons. The van der Waals surface area contributed by atoms with Crippen molar-refractivity contribution in [2.75, 3.05) is 18.7 Å². The zero-order chi connectivity index (χ0) is 17.5. The first kappa shape index (κ1) is 18.1. The molecule has 0 unspecified atom stereocenters. The van der Waals surface area contributed by atoms with E-state index in [2.05, 4.69) is 16.2 Å². The molecular formula is C17H19N3O2S2. The number of amides is 1. The molecule has 2 rings (SSSR count). The Morgan fingerprint density at radius 3 is 2.58 bits per heavy atom. The lowest BCUT2D eigenvalue weighted by Crippen LogP contribution is -2.43. The molecule has 0 aliphatic rings. The Bertz CT molecular complexity index is 750. The molecule has 0 heterocycles. The number of hydrogen-bond acceptors (Lipinski definition) is 4. The van der Waals surface area contributed by atoms with Gasteiger partial charge in [0.15, 0.2) is 5.11 Å². The third-order valence-electron chi connectivity index (χ3n) is 3.34. The maximum atomic E-state index is 12.3. The zero-order valence-corrected chi connectivity index (χ0v) is 15.3. The highest BCUT2D eigenvalue weighted by Crippen LogP contribution is 2.25. The summed E-state index contributed by atoms with van der Waals surface area (Å²) in [6.45, 7) is 1.97. The van der Waals surface area contributed by atoms with Gasteiger partial charge in [0.25, 0.3) is 5.91 Å². The number of thioether (sulfide) groups is 1. The van der Waals surface area contributed by atoms with Gasteiger partial charge in [-0.3, -0.25) is 15.6 Å². The van der Waals surface area contributed by atoms with Gasteiger partial charge in [0.2, 0.25) is 0 Å². The van der Waals surface area contributed by atoms with Gasteiger partial charge >= 0.3 is 0 Å². The Hall–Kier alpha value is -2.25. The second-order valence-electron chi connectivity index (χ2n) is 4.91. The van der Waals surface area contributed by atoms with Crippen molar-refractivity contribution in [1.29, 1.82) is 0 Å². The van der Waals surface area contributed by atoms with Gasteiger partial charge in [0.05, 0.1) is 12.7 Å². The summed E-state index contributed by atoms with van der Waals surface area (Å²) in [5, 5.41) is 3.34. The van der Waals surface area contributed by atoms with E-state index in [-0.39, 0.29) is 5.91 Å². The molecule has 0 atom stereocenters. The largest absolute Gasteiger partial charge is 0.496 e. The van der Waals surface area contributed by atoms with Gasteiger partial charge in [-0.1, -0.05) is 18.2 Å². The Labute approximate surface area is 151 Å². The van der Waals surface area contributed by atoms with Crippen LogP contribution in [-0.4, -0.2) is 24.4 Å². The first-order valence-corrected chi connectivity index (χ1v) is 8.83. The number of ether oxygens (including phenoxy) is 1. The maximum absolute atomic E-state index is 12.3. The topological polar surface area (TPSA) is 62.4 Å². The molecule has 0 aliphatic heterocycles. The van der Waals surface area contributed by atoms with E-state index in [1.54, 1.807) is 17.8 Å². The summed E-state index contributed by atoms with van der Waals surface area (Å²) in [6.07, 6.45) is 1.96. The minimum absolute atomic E-state index is 0.303. The van der Waals surface area contributed by atoms with E-state index in [0.717, 1.165) is 16.1 Å². The second kappa shape index (κ2) is 8.56. The molecule has 0 fully saturated rings. The number of methoxy groups -OCH3 is 1. The van der Waals surface area contributed by atoms with Crippen molar-refractivity contribution in [3.63, 3.8) is 0 Å². The minimum Gasteiger partial charge on any atom is -0.496 e. The standard InChI is InChI=1S/C17H19N3O2S2/c1-11-6-4-5-7-14(11)18-17(23)20-19-16(21)13-9-8-12(24-3)10-15(13)22-2/h4-10H,1-3H3,(H,19,21)(H2,18,20,23). The predicted octanol–water partition coefficient (Wildman–Crippen LogP) is 3.36. The molecule has 7 heteroatoms. The zero-order valence-electron chi connectivity index (χ0n) is 13.7. The Balaban J connectivity index is 1.98. The fourth-order valence-corrected chi connectivity index (χ4v) is 2.62. The van der Waals surface area contributed by atoms with Crippen molar-refractivity contribution in [2.24, 2.45) is 0 Å². The summed E-state index contributed by atoms with van der Waals surface area (Å²) < 4.78 is 5.28. The van der Waals surface area contributed by atoms with E-state index in [1.165, 1.54) is 7.11 Å². The van der Waals surface area contributed by atoms with Crippen LogP contribution in [0.2, 0.25) is 0 Å². The van der Waals surface area contributed by atoms with E-state index in [0.29, 0.717) is 16.4 Å². The number of benzene rings is 2. The van der Waals surface area contributed by atoms with Crippen LogP contribution >= 0.6 is 24.0 Å². The number of aryl methyl sites for hydroxylation is 1. The third-order valence-corrected chi connectivity index (χ3v) is 4.27. The van der Waals surface area contributed by atoms with Crippen LogP contribution in [0.25, 0.3) is 0 Å². The minimum atomic E-state index is -0.326. The van der Waals surface area contributed by atoms with E-state index < -0.39 is 0 Å². The van der Waals surface area contributed by atoms with Crippen molar-refractivity contribution in [1.82, 2.24) is 10.9 Å². The normalized spacial score (nSPS) is 9.96. The lowest BCUT2D eigenvalue weighted by atomic mass is 10.2. The second-order valence-corrected chi connectivity index (χ2v) is 6.20. The Morgan fingerprint density at radius 2 is 1.92 bits per heavy atom. The van der Waals surface area contributed by atoms with Crippen LogP contribution in [0.5, 0.6) is 5.75 Å². The number of para-hydroxylation sites is 1. The molecule has 2 aromatic rings. The smallest absolute Gasteiger partial charge is 0.273 e. The lowest BCUT2D eigenvalue weighted by molar-refractivity contribution is 0.0941. The van der Waals surface area contributed by atoms with Crippen LogP contribution in [0.1, 0.15) is 15.9 Å². The maximum Gasteiger partial charge on any atom is 0.273 e. The number of carbonyl (C=O) groups is 1. The summed E-state index contributed by atoms with van der Waals surface area (Å²) >= 11 is 6.77. The van der Waals surface area contributed by atoms with Gasteiger partial charge in [-0.05, 0) is 55.2 Å². The van der Waals surface area contributed by atoms with Gasteiger partial charge in [-0.2, -0.15) is 0 Å². The molecule has 5 nitrogen and oxygen atoms in total. The van der Waals surface area contributed by atoms with Gasteiger partial charge in [-0.15, -0.1) is 11.8 Å². The van der Waals surface area contributed by atoms with Gasteiger partial charge < -0.3 is 10.1 Å². The SMILES string of the molecule is COc1cc(SC)ccc1C(=O)NNC(=S)Nc1ccccc1C. The molecule has 0 saturated carbocycles. The number of thiocarbonyl (C=S) groups is 1. The first-order chi connectivity index (χ1) is 11.5. The number of nitrogens with one attached hydrogen (secondary N) is 3. The first-order valence-electron chi connectivity index (χ1n) is 7.20. The molecule has 3 N–H and O–H groups in total. The lowest BCUT2D eigenvalue weighted by Gasteiger charge is -2.14. The quantitative estimate of drug-likeness (QED) is 0.441. The number of anilines is 1. The van der Waals surface area contributed by atoms with Crippen LogP contribution in [0.15, 0.2) is 47.4 Å². The summed E-state index contributed by atoms with van der Waals surface area (Å²) in [4.78, 5) is 13.3. The van der Waals surface area contributed by atoms with E-state index >= 15 is 0 Å². The number of rotatable bonds is 4. The summed E-state index contributed by atoms with van der Waals surface area (Å²) in [5.41, 5.74) is 7.64. The molecule has 0 aliphatic carbocycles. The van der Waals surface area contributed by atoms with E-state index in [1.807, 2.05) is 49.6 Å². The molecule has 1 amide bonds. The number of hydrogen-bond donors (Lipinski definition) is 3. The van der Waals surface area contributed by atoms with Gasteiger partial charge in [-0.25, -0.2) is 0 Å². The van der Waals surface area contributed by atoms with Crippen molar-refractivity contribution in [3.8, 4) is 5.75 Å². The van der Waals surface area contributed by atoms with Crippen molar-refractivity contribution >= 4 is 40.7 Å². The molecular weight excluding hydrogens is 342 g/mol. The van der Waals surface area contributed by atoms with Crippen LogP contribution in [0.4, 0.5) is 5.69 Å². The highest BCUT2D eigenvalue weighted by molar-refractivity contribution is 7.98. The monoisotopic (exact) mass is 361 g/mol. The van der Waals surface area contributed by atoms with Crippen LogP contribution in [0, 0.1) is 6.92 Å². The van der Waals surface area contributed by atoms with Crippen molar-refractivity contribution in [3.05, 3.63) is 53.6 Å². The van der Waals surface area contributed by atoms with Crippen LogP contribution in [-0.2, 0) is 0 Å². The Kier molecular flexibility index (Phi) is 6.45. The van der Waals surface area contributed by atoms with Crippen molar-refractivity contribution in [2.45, 2.75) is 11.8 Å².